The molecule has 3 heteroatoms. The summed E-state index contributed by atoms with van der Waals surface area (Å²) in [5, 5.41) is 0.501. The van der Waals surface area contributed by atoms with Crippen molar-refractivity contribution in [2.45, 2.75) is 6.42 Å². The highest BCUT2D eigenvalue weighted by Crippen LogP contribution is 2.17. The Morgan fingerprint density at radius 3 is 2.55 bits per heavy atom. The van der Waals surface area contributed by atoms with Gasteiger partial charge in [-0.3, -0.25) is 0 Å². The van der Waals surface area contributed by atoms with E-state index in [0.717, 1.165) is 11.1 Å². The molecule has 3 nitrogen and oxygen atoms in total. The molecule has 0 bridgehead atoms. The first kappa shape index (κ1) is 12.4. The largest absolute Gasteiger partial charge is 0.408 e. The van der Waals surface area contributed by atoms with E-state index in [1.54, 1.807) is 18.2 Å². The van der Waals surface area contributed by atoms with E-state index in [4.69, 9.17) is 4.42 Å². The highest BCUT2D eigenvalue weighted by atomic mass is 16.4. The Bertz CT molecular complexity index is 819. The molecule has 0 aliphatic rings. The van der Waals surface area contributed by atoms with E-state index in [2.05, 4.69) is 11.6 Å². The maximum atomic E-state index is 11.9. The van der Waals surface area contributed by atoms with Gasteiger partial charge in [-0.2, -0.15) is 0 Å². The predicted molar refractivity (Wildman–Crippen MR) is 79.5 cm³/mol. The summed E-state index contributed by atoms with van der Waals surface area (Å²) in [7, 11) is 0. The van der Waals surface area contributed by atoms with Gasteiger partial charge in [0.25, 0.3) is 0 Å². The van der Waals surface area contributed by atoms with Gasteiger partial charge in [0.2, 0.25) is 5.89 Å². The molecule has 0 atom stereocenters. The molecule has 2 aromatic carbocycles. The summed E-state index contributed by atoms with van der Waals surface area (Å²) in [6, 6.07) is 17.0. The number of allylic oxidation sites excluding steroid dienone is 1. The molecule has 3 rings (SSSR count). The minimum absolute atomic E-state index is 0.355. The number of fused-ring (bicyclic) bond motifs is 1. The summed E-state index contributed by atoms with van der Waals surface area (Å²) >= 11 is 0. The van der Waals surface area contributed by atoms with Crippen molar-refractivity contribution < 1.29 is 4.42 Å². The van der Waals surface area contributed by atoms with E-state index in [1.807, 2.05) is 36.4 Å². The fourth-order valence-corrected chi connectivity index (χ4v) is 2.10. The van der Waals surface area contributed by atoms with Crippen LogP contribution in [0, 0.1) is 0 Å². The molecule has 3 aromatic rings. The average molecular weight is 263 g/mol. The zero-order valence-corrected chi connectivity index (χ0v) is 10.9. The Morgan fingerprint density at radius 1 is 1.05 bits per heavy atom. The summed E-state index contributed by atoms with van der Waals surface area (Å²) in [5.74, 6) is 0.391. The number of aromatic nitrogens is 1. The fraction of sp³-hybridized carbons (Fsp3) is 0.0588. The number of para-hydroxylation sites is 1. The number of hydrogen-bond acceptors (Lipinski definition) is 3. The van der Waals surface area contributed by atoms with E-state index in [-0.39, 0.29) is 5.63 Å². The second kappa shape index (κ2) is 5.13. The Hall–Kier alpha value is -2.68. The second-order valence-electron chi connectivity index (χ2n) is 4.56. The van der Waals surface area contributed by atoms with Crippen molar-refractivity contribution in [3.05, 3.63) is 83.1 Å². The van der Waals surface area contributed by atoms with E-state index in [0.29, 0.717) is 23.2 Å². The topological polar surface area (TPSA) is 43.1 Å². The maximum absolute atomic E-state index is 11.9. The molecule has 1 heterocycles. The monoisotopic (exact) mass is 263 g/mol. The fourth-order valence-electron chi connectivity index (χ4n) is 2.10. The average Bonchev–Trinajstić information content (AvgIpc) is 2.48. The van der Waals surface area contributed by atoms with E-state index >= 15 is 0 Å². The number of hydrogen-bond donors (Lipinski definition) is 0. The van der Waals surface area contributed by atoms with Crippen LogP contribution < -0.4 is 5.63 Å². The molecule has 1 aromatic heterocycles. The van der Waals surface area contributed by atoms with Gasteiger partial charge in [-0.1, -0.05) is 49.0 Å². The predicted octanol–water partition coefficient (Wildman–Crippen LogP) is 3.44. The Kier molecular flexibility index (Phi) is 3.17. The summed E-state index contributed by atoms with van der Waals surface area (Å²) in [4.78, 5) is 16.3. The van der Waals surface area contributed by atoms with Crippen LogP contribution in [0.1, 0.15) is 11.5 Å². The third-order valence-corrected chi connectivity index (χ3v) is 3.13. The van der Waals surface area contributed by atoms with Gasteiger partial charge in [-0.05, 0) is 23.3 Å². The lowest BCUT2D eigenvalue weighted by atomic mass is 10.0. The third-order valence-electron chi connectivity index (χ3n) is 3.13. The molecule has 0 aliphatic carbocycles. The second-order valence-corrected chi connectivity index (χ2v) is 4.56. The SMILES string of the molecule is C=C(Cc1nc2ccccc2c(=O)o1)c1ccccc1. The molecule has 0 spiro atoms. The van der Waals surface area contributed by atoms with E-state index in [1.165, 1.54) is 0 Å². The quantitative estimate of drug-likeness (QED) is 0.727. The first-order valence-electron chi connectivity index (χ1n) is 6.36. The van der Waals surface area contributed by atoms with Crippen LogP contribution in [-0.2, 0) is 6.42 Å². The molecule has 0 saturated carbocycles. The standard InChI is InChI=1S/C17H13NO2/c1-12(13-7-3-2-4-8-13)11-16-18-15-10-6-5-9-14(15)17(19)20-16/h2-10H,1,11H2. The van der Waals surface area contributed by atoms with Crippen LogP contribution in [0.25, 0.3) is 16.5 Å². The van der Waals surface area contributed by atoms with E-state index in [9.17, 15) is 4.79 Å². The van der Waals surface area contributed by atoms with Crippen molar-refractivity contribution in [3.8, 4) is 0 Å². The van der Waals surface area contributed by atoms with Crippen LogP contribution in [0.5, 0.6) is 0 Å². The van der Waals surface area contributed by atoms with Crippen LogP contribution in [0.2, 0.25) is 0 Å². The zero-order valence-electron chi connectivity index (χ0n) is 10.9. The summed E-state index contributed by atoms with van der Waals surface area (Å²) in [5.41, 5.74) is 2.19. The number of benzene rings is 2. The Labute approximate surface area is 116 Å². The minimum Gasteiger partial charge on any atom is -0.408 e. The molecular weight excluding hydrogens is 250 g/mol. The van der Waals surface area contributed by atoms with Crippen LogP contribution in [0.4, 0.5) is 0 Å². The van der Waals surface area contributed by atoms with Gasteiger partial charge in [-0.25, -0.2) is 9.78 Å². The molecule has 0 saturated heterocycles. The normalized spacial score (nSPS) is 10.6. The molecule has 98 valence electrons. The zero-order chi connectivity index (χ0) is 13.9. The molecule has 0 N–H and O–H groups in total. The summed E-state index contributed by atoms with van der Waals surface area (Å²) < 4.78 is 5.26. The summed E-state index contributed by atoms with van der Waals surface area (Å²) in [6.07, 6.45) is 0.421. The van der Waals surface area contributed by atoms with Crippen LogP contribution in [0.15, 0.2) is 70.4 Å². The van der Waals surface area contributed by atoms with Gasteiger partial charge in [0, 0.05) is 6.42 Å². The lowest BCUT2D eigenvalue weighted by Crippen LogP contribution is -2.05. The van der Waals surface area contributed by atoms with Crippen molar-refractivity contribution >= 4 is 16.5 Å². The van der Waals surface area contributed by atoms with Crippen LogP contribution in [0.3, 0.4) is 0 Å². The molecular formula is C17H13NO2. The molecule has 20 heavy (non-hydrogen) atoms. The number of rotatable bonds is 3. The maximum Gasteiger partial charge on any atom is 0.346 e. The minimum atomic E-state index is -0.355. The lowest BCUT2D eigenvalue weighted by molar-refractivity contribution is 0.458. The van der Waals surface area contributed by atoms with Crippen molar-refractivity contribution in [2.75, 3.05) is 0 Å². The molecule has 0 unspecified atom stereocenters. The van der Waals surface area contributed by atoms with Crippen molar-refractivity contribution in [2.24, 2.45) is 0 Å². The lowest BCUT2D eigenvalue weighted by Gasteiger charge is -2.05. The van der Waals surface area contributed by atoms with Crippen molar-refractivity contribution in [1.29, 1.82) is 0 Å². The van der Waals surface area contributed by atoms with Crippen LogP contribution in [-0.4, -0.2) is 4.98 Å². The molecule has 0 radical (unpaired) electrons. The van der Waals surface area contributed by atoms with Gasteiger partial charge in [0.15, 0.2) is 0 Å². The first-order chi connectivity index (χ1) is 9.74. The Balaban J connectivity index is 1.96. The highest BCUT2D eigenvalue weighted by Gasteiger charge is 2.08. The van der Waals surface area contributed by atoms with Crippen LogP contribution >= 0.6 is 0 Å². The van der Waals surface area contributed by atoms with Gasteiger partial charge in [-0.15, -0.1) is 0 Å². The molecule has 0 aliphatic heterocycles. The van der Waals surface area contributed by atoms with Gasteiger partial charge in [0.05, 0.1) is 10.9 Å². The summed E-state index contributed by atoms with van der Waals surface area (Å²) in [6.45, 7) is 4.03. The highest BCUT2D eigenvalue weighted by molar-refractivity contribution is 5.77. The first-order valence-corrected chi connectivity index (χ1v) is 6.36. The smallest absolute Gasteiger partial charge is 0.346 e. The van der Waals surface area contributed by atoms with Crippen molar-refractivity contribution in [1.82, 2.24) is 4.98 Å². The van der Waals surface area contributed by atoms with Gasteiger partial charge in [0.1, 0.15) is 0 Å². The van der Waals surface area contributed by atoms with Gasteiger partial charge >= 0.3 is 5.63 Å². The third kappa shape index (κ3) is 2.38. The van der Waals surface area contributed by atoms with E-state index < -0.39 is 0 Å². The van der Waals surface area contributed by atoms with Gasteiger partial charge < -0.3 is 4.42 Å². The molecule has 0 fully saturated rings. The molecule has 0 amide bonds. The van der Waals surface area contributed by atoms with Crippen molar-refractivity contribution in [3.63, 3.8) is 0 Å². The number of nitrogens with zero attached hydrogens (tertiary/aromatic N) is 1. The Morgan fingerprint density at radius 2 is 1.75 bits per heavy atom.